The van der Waals surface area contributed by atoms with Crippen molar-refractivity contribution in [3.63, 3.8) is 0 Å². The molecule has 1 fully saturated rings. The van der Waals surface area contributed by atoms with E-state index in [1.807, 2.05) is 92.6 Å². The smallest absolute Gasteiger partial charge is 0.245 e. The highest BCUT2D eigenvalue weighted by Crippen LogP contribution is 2.39. The number of benzene rings is 1. The molecule has 4 amide bonds. The molecule has 1 heterocycles. The van der Waals surface area contributed by atoms with E-state index in [9.17, 15) is 24.4 Å². The summed E-state index contributed by atoms with van der Waals surface area (Å²) in [5, 5.41) is 19.3. The third kappa shape index (κ3) is 12.2. The number of hydrogen-bond acceptors (Lipinski definition) is 10. The molecular formula is C42H71BrN6O8. The Labute approximate surface area is 349 Å². The van der Waals surface area contributed by atoms with E-state index in [0.29, 0.717) is 24.1 Å². The number of carbonyl (C=O) groups is 4. The van der Waals surface area contributed by atoms with E-state index in [1.165, 1.54) is 7.11 Å². The monoisotopic (exact) mass is 866 g/mol. The molecule has 324 valence electrons. The highest BCUT2D eigenvalue weighted by atomic mass is 79.9. The van der Waals surface area contributed by atoms with Crippen molar-refractivity contribution in [1.29, 1.82) is 0 Å². The van der Waals surface area contributed by atoms with Gasteiger partial charge in [0.15, 0.2) is 0 Å². The molecular weight excluding hydrogens is 796 g/mol. The van der Waals surface area contributed by atoms with E-state index < -0.39 is 41.8 Å². The first-order valence-electron chi connectivity index (χ1n) is 20.0. The Bertz CT molecular complexity index is 1530. The van der Waals surface area contributed by atoms with Crippen LogP contribution in [-0.2, 0) is 33.4 Å². The van der Waals surface area contributed by atoms with E-state index in [0.717, 1.165) is 10.0 Å². The Morgan fingerprint density at radius 2 is 1.65 bits per heavy atom. The van der Waals surface area contributed by atoms with Crippen molar-refractivity contribution in [2.75, 3.05) is 55.6 Å². The molecule has 0 aliphatic carbocycles. The van der Waals surface area contributed by atoms with Crippen molar-refractivity contribution >= 4 is 45.3 Å². The number of carbonyl (C=O) groups excluding carboxylic acids is 4. The van der Waals surface area contributed by atoms with Gasteiger partial charge in [0.2, 0.25) is 23.6 Å². The lowest BCUT2D eigenvalue weighted by Crippen LogP contribution is -2.60. The second-order valence-corrected chi connectivity index (χ2v) is 17.7. The van der Waals surface area contributed by atoms with E-state index in [1.54, 1.807) is 38.0 Å². The minimum absolute atomic E-state index is 0.0263. The van der Waals surface area contributed by atoms with Crippen LogP contribution in [0.2, 0.25) is 0 Å². The molecule has 0 radical (unpaired) electrons. The summed E-state index contributed by atoms with van der Waals surface area (Å²) in [6.45, 7) is 17.6. The van der Waals surface area contributed by atoms with E-state index in [4.69, 9.17) is 14.2 Å². The molecule has 15 heteroatoms. The van der Waals surface area contributed by atoms with Gasteiger partial charge in [-0.25, -0.2) is 0 Å². The second kappa shape index (κ2) is 22.3. The molecule has 0 saturated carbocycles. The second-order valence-electron chi connectivity index (χ2n) is 16.8. The number of hydrogen-bond donors (Lipinski definition) is 3. The zero-order valence-electron chi connectivity index (χ0n) is 37.0. The van der Waals surface area contributed by atoms with Gasteiger partial charge in [-0.05, 0) is 63.4 Å². The maximum atomic E-state index is 14.6. The lowest BCUT2D eigenvalue weighted by molar-refractivity contribution is -0.152. The van der Waals surface area contributed by atoms with Gasteiger partial charge in [-0.1, -0.05) is 82.0 Å². The van der Waals surface area contributed by atoms with E-state index in [-0.39, 0.29) is 67.0 Å². The Morgan fingerprint density at radius 1 is 1.02 bits per heavy atom. The highest BCUT2D eigenvalue weighted by molar-refractivity contribution is 9.10. The normalized spacial score (nSPS) is 21.2. The molecule has 1 aliphatic heterocycles. The highest BCUT2D eigenvalue weighted by Gasteiger charge is 2.53. The number of likely N-dealkylation sites (N-methyl/N-ethyl adjacent to an activating group) is 2. The molecule has 3 N–H and O–H groups in total. The van der Waals surface area contributed by atoms with E-state index >= 15 is 0 Å². The van der Waals surface area contributed by atoms with Crippen LogP contribution in [0.4, 0.5) is 0 Å². The molecule has 1 aromatic carbocycles. The first-order chi connectivity index (χ1) is 26.6. The number of ether oxygens (including phenoxy) is 3. The number of amides is 4. The predicted octanol–water partition coefficient (Wildman–Crippen LogP) is 4.71. The van der Waals surface area contributed by atoms with Crippen molar-refractivity contribution in [3.8, 4) is 0 Å². The fourth-order valence-corrected chi connectivity index (χ4v) is 8.90. The summed E-state index contributed by atoms with van der Waals surface area (Å²) in [4.78, 5) is 61.4. The fraction of sp³-hybridized carbons (Fsp3) is 0.738. The predicted molar refractivity (Wildman–Crippen MR) is 226 cm³/mol. The summed E-state index contributed by atoms with van der Waals surface area (Å²) >= 11 is 3.46. The van der Waals surface area contributed by atoms with Crippen molar-refractivity contribution in [2.45, 2.75) is 124 Å². The first-order valence-corrected chi connectivity index (χ1v) is 20.8. The van der Waals surface area contributed by atoms with Crippen molar-refractivity contribution < 1.29 is 38.6 Å². The summed E-state index contributed by atoms with van der Waals surface area (Å²) in [5.74, 6) is -2.00. The summed E-state index contributed by atoms with van der Waals surface area (Å²) in [6, 6.07) is 3.89. The van der Waals surface area contributed by atoms with Gasteiger partial charge in [-0.2, -0.15) is 0 Å². The zero-order chi connectivity index (χ0) is 43.5. The molecule has 0 spiro atoms. The van der Waals surface area contributed by atoms with Crippen LogP contribution in [0, 0.1) is 30.6 Å². The van der Waals surface area contributed by atoms with Crippen LogP contribution in [-0.4, -0.2) is 147 Å². The van der Waals surface area contributed by atoms with Gasteiger partial charge >= 0.3 is 0 Å². The Balaban J connectivity index is 2.40. The molecule has 2 rings (SSSR count). The molecule has 9 atom stereocenters. The largest absolute Gasteiger partial charge is 0.411 e. The molecule has 1 saturated heterocycles. The summed E-state index contributed by atoms with van der Waals surface area (Å²) in [5.41, 5.74) is 0.908. The number of halogens is 1. The van der Waals surface area contributed by atoms with Gasteiger partial charge in [0.25, 0.3) is 0 Å². The molecule has 1 aromatic rings. The minimum Gasteiger partial charge on any atom is -0.411 e. The van der Waals surface area contributed by atoms with Gasteiger partial charge in [0.1, 0.15) is 11.8 Å². The molecule has 1 aliphatic rings. The lowest BCUT2D eigenvalue weighted by Gasteiger charge is -2.44. The Kier molecular flexibility index (Phi) is 19.6. The number of methoxy groups -OCH3 is 3. The average Bonchev–Trinajstić information content (AvgIpc) is 3.50. The van der Waals surface area contributed by atoms with Gasteiger partial charge in [0, 0.05) is 51.4 Å². The summed E-state index contributed by atoms with van der Waals surface area (Å²) in [7, 11) is 10.1. The van der Waals surface area contributed by atoms with Crippen LogP contribution in [0.1, 0.15) is 85.8 Å². The molecule has 0 aromatic heterocycles. The third-order valence-corrected chi connectivity index (χ3v) is 12.3. The van der Waals surface area contributed by atoms with Crippen molar-refractivity contribution in [2.24, 2.45) is 28.8 Å². The zero-order valence-corrected chi connectivity index (χ0v) is 38.6. The number of nitrogens with zero attached hydrogens (tertiary/aromatic N) is 4. The SMILES string of the molecule is CCC(C)[C@@H]([C@@H](CC(=O)N1C[C@H](OC)C[C@@]1(C)[C@H](OC)[C@@H](C)C(=O)NC/C(=N/O)c1cc(Br)ccc1C)OC)N(C)C(=O)[C@@H](NC(=O)[C@H](C(C)C)N(C)C)C(C)C. The quantitative estimate of drug-likeness (QED) is 0.0903. The first kappa shape index (κ1) is 50.0. The van der Waals surface area contributed by atoms with Crippen LogP contribution < -0.4 is 10.6 Å². The van der Waals surface area contributed by atoms with Crippen LogP contribution in [0.5, 0.6) is 0 Å². The van der Waals surface area contributed by atoms with Crippen LogP contribution in [0.15, 0.2) is 27.8 Å². The lowest BCUT2D eigenvalue weighted by atomic mass is 9.82. The molecule has 14 nitrogen and oxygen atoms in total. The molecule has 57 heavy (non-hydrogen) atoms. The van der Waals surface area contributed by atoms with Crippen LogP contribution in [0.25, 0.3) is 0 Å². The fourth-order valence-electron chi connectivity index (χ4n) is 8.53. The number of likely N-dealkylation sites (tertiary alicyclic amines) is 1. The van der Waals surface area contributed by atoms with Crippen molar-refractivity contribution in [3.05, 3.63) is 33.8 Å². The number of aryl methyl sites for hydroxylation is 1. The van der Waals surface area contributed by atoms with Crippen LogP contribution in [0.3, 0.4) is 0 Å². The number of oxime groups is 1. The number of nitrogens with one attached hydrogen (secondary N) is 2. The van der Waals surface area contributed by atoms with Crippen LogP contribution >= 0.6 is 15.9 Å². The molecule has 1 unspecified atom stereocenters. The van der Waals surface area contributed by atoms with Gasteiger partial charge in [0.05, 0.1) is 54.8 Å². The van der Waals surface area contributed by atoms with E-state index in [2.05, 4.69) is 31.7 Å². The summed E-state index contributed by atoms with van der Waals surface area (Å²) in [6.07, 6.45) is -0.685. The summed E-state index contributed by atoms with van der Waals surface area (Å²) < 4.78 is 18.7. The minimum atomic E-state index is -0.962. The van der Waals surface area contributed by atoms with Gasteiger partial charge in [-0.3, -0.25) is 24.1 Å². The topological polar surface area (TPSA) is 162 Å². The Hall–Kier alpha value is -3.11. The number of rotatable bonds is 21. The van der Waals surface area contributed by atoms with Crippen molar-refractivity contribution in [1.82, 2.24) is 25.3 Å². The maximum Gasteiger partial charge on any atom is 0.245 e. The maximum absolute atomic E-state index is 14.6. The third-order valence-electron chi connectivity index (χ3n) is 11.8. The standard InChI is InChI=1S/C42H71BrN6O8/c1-16-26(6)37(48(12)41(53)35(24(2)3)45-40(52)36(25(4)5)47(10)11)33(56-14)20-34(50)49-23-30(55-13)21-42(49,9)38(57-15)28(8)39(51)44-22-32(46-54)31-19-29(43)18-17-27(31)7/h17-19,24-26,28,30,33,35-38,54H,16,20-23H2,1-15H3,(H,44,51)(H,45,52)/b46-32-/t26?,28-,30-,33-,35+,36+,37+,38-,42+/m1/s1. The van der Waals surface area contributed by atoms with Gasteiger partial charge in [-0.15, -0.1) is 0 Å². The Morgan fingerprint density at radius 3 is 2.14 bits per heavy atom. The molecule has 0 bridgehead atoms. The average molecular weight is 868 g/mol. The van der Waals surface area contributed by atoms with Gasteiger partial charge < -0.3 is 39.9 Å².